The second kappa shape index (κ2) is 6.86. The molecular weight excluding hydrogens is 302 g/mol. The Morgan fingerprint density at radius 2 is 1.58 bits per heavy atom. The van der Waals surface area contributed by atoms with Crippen LogP contribution < -0.4 is 0 Å². The molecule has 2 N–H and O–H groups in total. The Morgan fingerprint density at radius 1 is 0.917 bits per heavy atom. The van der Waals surface area contributed by atoms with Crippen molar-refractivity contribution in [3.05, 3.63) is 89.2 Å². The molecular formula is C20H15NO3. The summed E-state index contributed by atoms with van der Waals surface area (Å²) in [6, 6.07) is 16.0. The highest BCUT2D eigenvalue weighted by molar-refractivity contribution is 5.93. The van der Waals surface area contributed by atoms with Crippen molar-refractivity contribution in [2.75, 3.05) is 0 Å². The summed E-state index contributed by atoms with van der Waals surface area (Å²) < 4.78 is 1.74. The van der Waals surface area contributed by atoms with E-state index in [0.717, 1.165) is 11.1 Å². The fourth-order valence-corrected chi connectivity index (χ4v) is 2.49. The fourth-order valence-electron chi connectivity index (χ4n) is 2.49. The largest absolute Gasteiger partial charge is 0.478 e. The number of aromatic carboxylic acids is 1. The van der Waals surface area contributed by atoms with Gasteiger partial charge in [0, 0.05) is 23.5 Å². The molecule has 4 nitrogen and oxygen atoms in total. The molecule has 0 saturated carbocycles. The summed E-state index contributed by atoms with van der Waals surface area (Å²) in [7, 11) is 0. The van der Waals surface area contributed by atoms with Gasteiger partial charge in [0.15, 0.2) is 0 Å². The van der Waals surface area contributed by atoms with Crippen molar-refractivity contribution in [1.29, 1.82) is 0 Å². The third kappa shape index (κ3) is 3.07. The first kappa shape index (κ1) is 15.6. The first-order chi connectivity index (χ1) is 11.7. The Labute approximate surface area is 139 Å². The van der Waals surface area contributed by atoms with Crippen molar-refractivity contribution in [1.82, 2.24) is 4.57 Å². The summed E-state index contributed by atoms with van der Waals surface area (Å²) in [4.78, 5) is 11.5. The van der Waals surface area contributed by atoms with E-state index in [1.165, 1.54) is 0 Å². The minimum absolute atomic E-state index is 0.0928. The molecule has 2 aromatic carbocycles. The summed E-state index contributed by atoms with van der Waals surface area (Å²) in [6.07, 6.45) is 3.57. The van der Waals surface area contributed by atoms with Crippen LogP contribution in [0.2, 0.25) is 0 Å². The molecule has 3 aromatic rings. The number of nitrogens with zero attached hydrogens (tertiary/aromatic N) is 1. The summed E-state index contributed by atoms with van der Waals surface area (Å²) in [6.45, 7) is -0.0928. The zero-order valence-electron chi connectivity index (χ0n) is 12.8. The Kier molecular flexibility index (Phi) is 4.46. The number of aliphatic hydroxyl groups excluding tert-OH is 1. The van der Waals surface area contributed by atoms with Crippen LogP contribution in [0.4, 0.5) is 0 Å². The molecule has 0 radical (unpaired) electrons. The van der Waals surface area contributed by atoms with Crippen LogP contribution in [0, 0.1) is 11.8 Å². The first-order valence-electron chi connectivity index (χ1n) is 7.41. The number of aliphatic hydroxyl groups is 1. The summed E-state index contributed by atoms with van der Waals surface area (Å²) in [5, 5.41) is 18.8. The summed E-state index contributed by atoms with van der Waals surface area (Å²) in [5.41, 5.74) is 2.79. The zero-order valence-corrected chi connectivity index (χ0v) is 12.8. The highest BCUT2D eigenvalue weighted by atomic mass is 16.4. The van der Waals surface area contributed by atoms with E-state index in [1.807, 2.05) is 36.4 Å². The van der Waals surface area contributed by atoms with Crippen molar-refractivity contribution in [2.45, 2.75) is 6.61 Å². The van der Waals surface area contributed by atoms with Crippen LogP contribution in [0.25, 0.3) is 5.69 Å². The molecule has 1 aromatic heterocycles. The lowest BCUT2D eigenvalue weighted by molar-refractivity contribution is 0.0697. The molecule has 1 heterocycles. The molecule has 0 unspecified atom stereocenters. The zero-order chi connectivity index (χ0) is 16.9. The minimum Gasteiger partial charge on any atom is -0.478 e. The second-order valence-corrected chi connectivity index (χ2v) is 5.16. The monoisotopic (exact) mass is 317 g/mol. The normalized spacial score (nSPS) is 10.0. The van der Waals surface area contributed by atoms with Crippen LogP contribution in [0.3, 0.4) is 0 Å². The van der Waals surface area contributed by atoms with E-state index in [0.29, 0.717) is 11.3 Å². The molecule has 0 bridgehead atoms. The lowest BCUT2D eigenvalue weighted by atomic mass is 10.0. The second-order valence-electron chi connectivity index (χ2n) is 5.16. The standard InChI is InChI=1S/C20H15NO3/c22-14-17-7-2-1-6-15(17)10-11-16-8-5-9-18(20(23)24)19(16)21-12-3-4-13-21/h1-9,12-13,22H,14H2,(H,23,24). The van der Waals surface area contributed by atoms with Crippen LogP contribution in [-0.2, 0) is 6.61 Å². The molecule has 0 fully saturated rings. The van der Waals surface area contributed by atoms with Crippen molar-refractivity contribution in [2.24, 2.45) is 0 Å². The van der Waals surface area contributed by atoms with Crippen molar-refractivity contribution in [3.63, 3.8) is 0 Å². The molecule has 0 amide bonds. The number of hydrogen-bond acceptors (Lipinski definition) is 2. The van der Waals surface area contributed by atoms with E-state index in [1.54, 1.807) is 35.2 Å². The molecule has 0 aliphatic rings. The third-order valence-corrected chi connectivity index (χ3v) is 3.65. The van der Waals surface area contributed by atoms with Gasteiger partial charge in [-0.25, -0.2) is 4.79 Å². The van der Waals surface area contributed by atoms with Gasteiger partial charge >= 0.3 is 5.97 Å². The van der Waals surface area contributed by atoms with Crippen LogP contribution >= 0.6 is 0 Å². The SMILES string of the molecule is O=C(O)c1cccc(C#Cc2ccccc2CO)c1-n1cccc1. The van der Waals surface area contributed by atoms with Gasteiger partial charge in [-0.05, 0) is 35.9 Å². The average molecular weight is 317 g/mol. The Morgan fingerprint density at radius 3 is 2.29 bits per heavy atom. The van der Waals surface area contributed by atoms with E-state index in [2.05, 4.69) is 11.8 Å². The van der Waals surface area contributed by atoms with E-state index >= 15 is 0 Å². The van der Waals surface area contributed by atoms with E-state index < -0.39 is 5.97 Å². The van der Waals surface area contributed by atoms with E-state index in [4.69, 9.17) is 0 Å². The van der Waals surface area contributed by atoms with Gasteiger partial charge in [0.25, 0.3) is 0 Å². The highest BCUT2D eigenvalue weighted by Crippen LogP contribution is 2.20. The molecule has 24 heavy (non-hydrogen) atoms. The maximum absolute atomic E-state index is 11.5. The third-order valence-electron chi connectivity index (χ3n) is 3.65. The van der Waals surface area contributed by atoms with Crippen LogP contribution in [-0.4, -0.2) is 20.7 Å². The predicted octanol–water partition coefficient (Wildman–Crippen LogP) is 3.07. The van der Waals surface area contributed by atoms with E-state index in [9.17, 15) is 15.0 Å². The molecule has 3 rings (SSSR count). The lowest BCUT2D eigenvalue weighted by Gasteiger charge is -2.10. The quantitative estimate of drug-likeness (QED) is 0.730. The smallest absolute Gasteiger partial charge is 0.337 e. The average Bonchev–Trinajstić information content (AvgIpc) is 3.14. The van der Waals surface area contributed by atoms with Gasteiger partial charge in [-0.15, -0.1) is 0 Å². The minimum atomic E-state index is -1.00. The van der Waals surface area contributed by atoms with Gasteiger partial charge < -0.3 is 14.8 Å². The number of carbonyl (C=O) groups is 1. The number of carboxylic acid groups (broad SMARTS) is 1. The first-order valence-corrected chi connectivity index (χ1v) is 7.41. The Balaban J connectivity index is 2.15. The number of para-hydroxylation sites is 1. The van der Waals surface area contributed by atoms with Gasteiger partial charge in [0.1, 0.15) is 0 Å². The molecule has 118 valence electrons. The van der Waals surface area contributed by atoms with Crippen molar-refractivity contribution in [3.8, 4) is 17.5 Å². The van der Waals surface area contributed by atoms with E-state index in [-0.39, 0.29) is 12.2 Å². The van der Waals surface area contributed by atoms with Crippen LogP contribution in [0.1, 0.15) is 27.0 Å². The van der Waals surface area contributed by atoms with Crippen LogP contribution in [0.5, 0.6) is 0 Å². The Bertz CT molecular complexity index is 931. The van der Waals surface area contributed by atoms with Gasteiger partial charge in [-0.3, -0.25) is 0 Å². The highest BCUT2D eigenvalue weighted by Gasteiger charge is 2.14. The topological polar surface area (TPSA) is 62.5 Å². The molecule has 0 aliphatic heterocycles. The van der Waals surface area contributed by atoms with Crippen molar-refractivity contribution < 1.29 is 15.0 Å². The maximum atomic E-state index is 11.5. The van der Waals surface area contributed by atoms with Crippen LogP contribution in [0.15, 0.2) is 67.0 Å². The molecule has 0 spiro atoms. The van der Waals surface area contributed by atoms with Gasteiger partial charge in [0.05, 0.1) is 17.9 Å². The molecule has 4 heteroatoms. The molecule has 0 atom stereocenters. The van der Waals surface area contributed by atoms with Gasteiger partial charge in [0.2, 0.25) is 0 Å². The van der Waals surface area contributed by atoms with Gasteiger partial charge in [-0.2, -0.15) is 0 Å². The number of hydrogen-bond donors (Lipinski definition) is 2. The van der Waals surface area contributed by atoms with Gasteiger partial charge in [-0.1, -0.05) is 36.1 Å². The number of aromatic nitrogens is 1. The number of carboxylic acids is 1. The predicted molar refractivity (Wildman–Crippen MR) is 91.1 cm³/mol. The fraction of sp³-hybridized carbons (Fsp3) is 0.0500. The molecule has 0 saturated heterocycles. The number of rotatable bonds is 3. The Hall–Kier alpha value is -3.29. The van der Waals surface area contributed by atoms with Crippen molar-refractivity contribution >= 4 is 5.97 Å². The lowest BCUT2D eigenvalue weighted by Crippen LogP contribution is -2.06. The summed E-state index contributed by atoms with van der Waals surface area (Å²) in [5.74, 6) is 5.07. The maximum Gasteiger partial charge on any atom is 0.337 e. The number of benzene rings is 2. The summed E-state index contributed by atoms with van der Waals surface area (Å²) >= 11 is 0. The molecule has 0 aliphatic carbocycles.